The molecule has 21 heavy (non-hydrogen) atoms. The molecule has 0 aliphatic heterocycles. The molecule has 6 heteroatoms. The number of para-hydroxylation sites is 1. The van der Waals surface area contributed by atoms with Gasteiger partial charge in [-0.25, -0.2) is 4.68 Å². The summed E-state index contributed by atoms with van der Waals surface area (Å²) < 4.78 is 6.67. The van der Waals surface area contributed by atoms with Crippen LogP contribution in [0.1, 0.15) is 24.4 Å². The summed E-state index contributed by atoms with van der Waals surface area (Å²) in [5, 5.41) is 12.4. The second kappa shape index (κ2) is 5.88. The van der Waals surface area contributed by atoms with Gasteiger partial charge in [-0.2, -0.15) is 0 Å². The molecule has 0 N–H and O–H groups in total. The molecule has 2 heterocycles. The predicted molar refractivity (Wildman–Crippen MR) is 77.7 cm³/mol. The Bertz CT molecular complexity index is 677. The van der Waals surface area contributed by atoms with Crippen molar-refractivity contribution in [1.82, 2.24) is 25.1 Å². The first-order valence-corrected chi connectivity index (χ1v) is 6.81. The second-order valence-corrected chi connectivity index (χ2v) is 5.01. The van der Waals surface area contributed by atoms with Crippen molar-refractivity contribution in [3.05, 3.63) is 60.2 Å². The summed E-state index contributed by atoms with van der Waals surface area (Å²) in [5.74, 6) is 0. The minimum Gasteiger partial charge on any atom is -0.364 e. The van der Waals surface area contributed by atoms with Gasteiger partial charge in [0, 0.05) is 12.6 Å². The van der Waals surface area contributed by atoms with Gasteiger partial charge in [-0.15, -0.1) is 5.10 Å². The third kappa shape index (κ3) is 3.00. The zero-order valence-corrected chi connectivity index (χ0v) is 12.0. The second-order valence-electron chi connectivity index (χ2n) is 5.01. The Labute approximate surface area is 123 Å². The lowest BCUT2D eigenvalue weighted by atomic mass is 10.2. The molecule has 0 unspecified atom stereocenters. The zero-order chi connectivity index (χ0) is 14.7. The molecular weight excluding hydrogens is 266 g/mol. The molecule has 108 valence electrons. The van der Waals surface area contributed by atoms with Crippen LogP contribution in [0.25, 0.3) is 5.69 Å². The van der Waals surface area contributed by atoms with E-state index >= 15 is 0 Å². The van der Waals surface area contributed by atoms with E-state index in [1.54, 1.807) is 10.9 Å². The maximum atomic E-state index is 4.89. The van der Waals surface area contributed by atoms with Gasteiger partial charge >= 0.3 is 0 Å². The normalized spacial score (nSPS) is 12.7. The molecule has 0 fully saturated rings. The minimum atomic E-state index is 0.158. The molecule has 6 nitrogen and oxygen atoms in total. The molecule has 0 spiro atoms. The molecule has 0 aliphatic carbocycles. The monoisotopic (exact) mass is 283 g/mol. The van der Waals surface area contributed by atoms with Gasteiger partial charge in [0.2, 0.25) is 0 Å². The molecule has 0 bridgehead atoms. The van der Waals surface area contributed by atoms with E-state index in [1.807, 2.05) is 49.6 Å². The van der Waals surface area contributed by atoms with Crippen molar-refractivity contribution in [3.63, 3.8) is 0 Å². The van der Waals surface area contributed by atoms with Gasteiger partial charge in [0.05, 0.1) is 23.6 Å². The van der Waals surface area contributed by atoms with Crippen LogP contribution in [0.3, 0.4) is 0 Å². The number of hydrogen-bond acceptors (Lipinski definition) is 5. The standard InChI is InChI=1S/C15H17N5O/c1-12(15-8-9-21-17-15)19(2)10-13-11-20(18-16-13)14-6-4-3-5-7-14/h3-9,11-12H,10H2,1-2H3/t12-/m1/s1. The highest BCUT2D eigenvalue weighted by Gasteiger charge is 2.16. The van der Waals surface area contributed by atoms with Gasteiger partial charge < -0.3 is 4.52 Å². The number of aromatic nitrogens is 4. The highest BCUT2D eigenvalue weighted by atomic mass is 16.5. The molecule has 1 aromatic carbocycles. The molecule has 2 aromatic heterocycles. The van der Waals surface area contributed by atoms with Gasteiger partial charge in [0.25, 0.3) is 0 Å². The Morgan fingerprint density at radius 3 is 2.76 bits per heavy atom. The van der Waals surface area contributed by atoms with E-state index in [4.69, 9.17) is 4.52 Å². The van der Waals surface area contributed by atoms with Crippen LogP contribution >= 0.6 is 0 Å². The maximum absolute atomic E-state index is 4.89. The smallest absolute Gasteiger partial charge is 0.124 e. The van der Waals surface area contributed by atoms with Crippen LogP contribution in [0.4, 0.5) is 0 Å². The third-order valence-corrected chi connectivity index (χ3v) is 3.52. The van der Waals surface area contributed by atoms with Crippen LogP contribution in [0.15, 0.2) is 53.4 Å². The third-order valence-electron chi connectivity index (χ3n) is 3.52. The number of rotatable bonds is 5. The first-order valence-electron chi connectivity index (χ1n) is 6.81. The average molecular weight is 283 g/mol. The lowest BCUT2D eigenvalue weighted by Gasteiger charge is -2.21. The highest BCUT2D eigenvalue weighted by Crippen LogP contribution is 2.18. The van der Waals surface area contributed by atoms with Gasteiger partial charge in [-0.05, 0) is 26.1 Å². The van der Waals surface area contributed by atoms with Crippen LogP contribution in [-0.2, 0) is 6.54 Å². The predicted octanol–water partition coefficient (Wildman–Crippen LogP) is 2.45. The Kier molecular flexibility index (Phi) is 3.79. The highest BCUT2D eigenvalue weighted by molar-refractivity contribution is 5.29. The Morgan fingerprint density at radius 2 is 2.05 bits per heavy atom. The van der Waals surface area contributed by atoms with Crippen molar-refractivity contribution in [2.24, 2.45) is 0 Å². The summed E-state index contributed by atoms with van der Waals surface area (Å²) in [4.78, 5) is 2.15. The number of benzene rings is 1. The first-order chi connectivity index (χ1) is 10.2. The van der Waals surface area contributed by atoms with E-state index in [1.165, 1.54) is 0 Å². The Morgan fingerprint density at radius 1 is 1.24 bits per heavy atom. The van der Waals surface area contributed by atoms with Crippen LogP contribution in [0.2, 0.25) is 0 Å². The van der Waals surface area contributed by atoms with E-state index < -0.39 is 0 Å². The van der Waals surface area contributed by atoms with Gasteiger partial charge in [-0.1, -0.05) is 28.6 Å². The lowest BCUT2D eigenvalue weighted by molar-refractivity contribution is 0.238. The molecule has 0 saturated carbocycles. The number of nitrogens with zero attached hydrogens (tertiary/aromatic N) is 5. The van der Waals surface area contributed by atoms with Crippen molar-refractivity contribution in [3.8, 4) is 5.69 Å². The summed E-state index contributed by atoms with van der Waals surface area (Å²) >= 11 is 0. The molecule has 3 aromatic rings. The van der Waals surface area contributed by atoms with Crippen LogP contribution in [0, 0.1) is 0 Å². The average Bonchev–Trinajstić information content (AvgIpc) is 3.19. The van der Waals surface area contributed by atoms with E-state index in [0.29, 0.717) is 6.54 Å². The maximum Gasteiger partial charge on any atom is 0.124 e. The fourth-order valence-electron chi connectivity index (χ4n) is 2.13. The van der Waals surface area contributed by atoms with Gasteiger partial charge in [0.1, 0.15) is 12.0 Å². The molecule has 1 atom stereocenters. The first kappa shape index (κ1) is 13.5. The van der Waals surface area contributed by atoms with Gasteiger partial charge in [-0.3, -0.25) is 4.90 Å². The van der Waals surface area contributed by atoms with E-state index in [0.717, 1.165) is 17.1 Å². The van der Waals surface area contributed by atoms with Crippen LogP contribution < -0.4 is 0 Å². The fourth-order valence-corrected chi connectivity index (χ4v) is 2.13. The van der Waals surface area contributed by atoms with Crippen molar-refractivity contribution in [2.75, 3.05) is 7.05 Å². The molecule has 0 saturated heterocycles. The minimum absolute atomic E-state index is 0.158. The summed E-state index contributed by atoms with van der Waals surface area (Å²) in [6.07, 6.45) is 3.53. The van der Waals surface area contributed by atoms with Gasteiger partial charge in [0.15, 0.2) is 0 Å². The molecule has 0 aliphatic rings. The van der Waals surface area contributed by atoms with Crippen molar-refractivity contribution >= 4 is 0 Å². The van der Waals surface area contributed by atoms with E-state index in [2.05, 4.69) is 27.3 Å². The topological polar surface area (TPSA) is 60.0 Å². The quantitative estimate of drug-likeness (QED) is 0.720. The fraction of sp³-hybridized carbons (Fsp3) is 0.267. The zero-order valence-electron chi connectivity index (χ0n) is 12.0. The van der Waals surface area contributed by atoms with Crippen molar-refractivity contribution in [1.29, 1.82) is 0 Å². The molecule has 0 radical (unpaired) electrons. The van der Waals surface area contributed by atoms with Crippen LogP contribution in [-0.4, -0.2) is 32.1 Å². The molecule has 3 rings (SSSR count). The van der Waals surface area contributed by atoms with Crippen molar-refractivity contribution < 1.29 is 4.52 Å². The largest absolute Gasteiger partial charge is 0.364 e. The number of hydrogen-bond donors (Lipinski definition) is 0. The Balaban J connectivity index is 1.70. The van der Waals surface area contributed by atoms with Crippen LogP contribution in [0.5, 0.6) is 0 Å². The summed E-state index contributed by atoms with van der Waals surface area (Å²) in [6, 6.07) is 12.0. The van der Waals surface area contributed by atoms with E-state index in [-0.39, 0.29) is 6.04 Å². The van der Waals surface area contributed by atoms with Crippen molar-refractivity contribution in [2.45, 2.75) is 19.5 Å². The SMILES string of the molecule is C[C@H](c1ccon1)N(C)Cc1cn(-c2ccccc2)nn1. The lowest BCUT2D eigenvalue weighted by Crippen LogP contribution is -2.22. The summed E-state index contributed by atoms with van der Waals surface area (Å²) in [7, 11) is 2.03. The van der Waals surface area contributed by atoms with E-state index in [9.17, 15) is 0 Å². The Hall–Kier alpha value is -2.47. The summed E-state index contributed by atoms with van der Waals surface area (Å²) in [5.41, 5.74) is 2.83. The molecule has 0 amide bonds. The molecular formula is C15H17N5O. The summed E-state index contributed by atoms with van der Waals surface area (Å²) in [6.45, 7) is 2.78.